The van der Waals surface area contributed by atoms with Gasteiger partial charge in [0.25, 0.3) is 5.91 Å². The van der Waals surface area contributed by atoms with E-state index in [1.165, 1.54) is 18.3 Å². The molecule has 0 aliphatic rings. The van der Waals surface area contributed by atoms with Gasteiger partial charge >= 0.3 is 6.43 Å². The van der Waals surface area contributed by atoms with Crippen LogP contribution in [0.4, 0.5) is 13.2 Å². The Morgan fingerprint density at radius 3 is 2.45 bits per heavy atom. The van der Waals surface area contributed by atoms with Gasteiger partial charge in [0, 0.05) is 11.6 Å². The molecule has 0 aliphatic heterocycles. The van der Waals surface area contributed by atoms with E-state index in [2.05, 4.69) is 5.16 Å². The van der Waals surface area contributed by atoms with E-state index in [1.807, 2.05) is 0 Å². The summed E-state index contributed by atoms with van der Waals surface area (Å²) in [6.07, 6.45) is -3.25. The van der Waals surface area contributed by atoms with Gasteiger partial charge in [0.1, 0.15) is 12.8 Å². The van der Waals surface area contributed by atoms with Gasteiger partial charge in [-0.25, -0.2) is 4.39 Å². The second-order valence-electron chi connectivity index (χ2n) is 4.51. The Hall–Kier alpha value is -2.35. The molecule has 0 saturated heterocycles. The van der Waals surface area contributed by atoms with Gasteiger partial charge in [-0.3, -0.25) is 4.79 Å². The average Bonchev–Trinajstić information content (AvgIpc) is 3.06. The summed E-state index contributed by atoms with van der Waals surface area (Å²) in [4.78, 5) is 10.9. The van der Waals surface area contributed by atoms with Crippen LogP contribution in [-0.4, -0.2) is 35.3 Å². The van der Waals surface area contributed by atoms with Crippen LogP contribution in [0.2, 0.25) is 0 Å². The van der Waals surface area contributed by atoms with Crippen LogP contribution in [0, 0.1) is 0 Å². The van der Waals surface area contributed by atoms with Crippen LogP contribution in [0.25, 0.3) is 11.3 Å². The molecule has 2 atom stereocenters. The van der Waals surface area contributed by atoms with Crippen molar-refractivity contribution >= 4 is 5.91 Å². The van der Waals surface area contributed by atoms with E-state index in [0.717, 1.165) is 0 Å². The molecular weight excluding hydrogens is 301 g/mol. The molecule has 8 heteroatoms. The molecule has 2 unspecified atom stereocenters. The summed E-state index contributed by atoms with van der Waals surface area (Å²) in [6.45, 7) is -1.18. The number of amides is 1. The number of halogens is 3. The van der Waals surface area contributed by atoms with Crippen molar-refractivity contribution in [1.29, 1.82) is 0 Å². The third-order valence-electron chi connectivity index (χ3n) is 3.05. The minimum atomic E-state index is -3.27. The molecule has 0 bridgehead atoms. The van der Waals surface area contributed by atoms with Gasteiger partial charge in [0.05, 0.1) is 12.2 Å². The van der Waals surface area contributed by atoms with Crippen LogP contribution in [0.5, 0.6) is 0 Å². The molecule has 0 saturated carbocycles. The lowest BCUT2D eigenvalue weighted by Gasteiger charge is -2.21. The number of carbonyl (C=O) groups excluding carboxylic acids is 1. The number of aromatic nitrogens is 1. The van der Waals surface area contributed by atoms with Crippen molar-refractivity contribution in [2.75, 3.05) is 6.67 Å². The van der Waals surface area contributed by atoms with Gasteiger partial charge in [-0.2, -0.15) is 8.78 Å². The van der Waals surface area contributed by atoms with Gasteiger partial charge in [-0.05, 0) is 5.56 Å². The van der Waals surface area contributed by atoms with E-state index in [1.54, 1.807) is 23.5 Å². The number of nitrogens with one attached hydrogen (secondary N) is 1. The number of hydrogen-bond acceptors (Lipinski definition) is 4. The maximum atomic E-state index is 12.9. The predicted molar refractivity (Wildman–Crippen MR) is 70.8 cm³/mol. The molecular formula is C14H13F3N2O3. The SMILES string of the molecule is O=C(NC(CF)C(O)c1ccc(-c2ccno2)cc1)C(F)F. The number of benzene rings is 1. The first-order valence-corrected chi connectivity index (χ1v) is 6.36. The Morgan fingerprint density at radius 1 is 1.27 bits per heavy atom. The quantitative estimate of drug-likeness (QED) is 0.856. The van der Waals surface area contributed by atoms with Gasteiger partial charge in [0.2, 0.25) is 0 Å². The zero-order valence-corrected chi connectivity index (χ0v) is 11.2. The number of hydrogen-bond donors (Lipinski definition) is 2. The highest BCUT2D eigenvalue weighted by Crippen LogP contribution is 2.23. The first-order valence-electron chi connectivity index (χ1n) is 6.36. The van der Waals surface area contributed by atoms with Crippen molar-refractivity contribution in [2.45, 2.75) is 18.6 Å². The molecule has 2 rings (SSSR count). The van der Waals surface area contributed by atoms with Crippen molar-refractivity contribution in [2.24, 2.45) is 0 Å². The van der Waals surface area contributed by atoms with Gasteiger partial charge < -0.3 is 14.9 Å². The summed E-state index contributed by atoms with van der Waals surface area (Å²) in [5.41, 5.74) is 0.961. The molecule has 5 nitrogen and oxygen atoms in total. The fraction of sp³-hybridized carbons (Fsp3) is 0.286. The Labute approximate surface area is 123 Å². The molecule has 2 aromatic rings. The molecule has 0 aliphatic carbocycles. The third kappa shape index (κ3) is 3.64. The first kappa shape index (κ1) is 16.0. The highest BCUT2D eigenvalue weighted by molar-refractivity contribution is 5.79. The van der Waals surface area contributed by atoms with Crippen molar-refractivity contribution in [3.05, 3.63) is 42.1 Å². The normalized spacial score (nSPS) is 13.9. The lowest BCUT2D eigenvalue weighted by atomic mass is 10.0. The average molecular weight is 314 g/mol. The minimum absolute atomic E-state index is 0.278. The number of alkyl halides is 3. The molecule has 0 radical (unpaired) electrons. The van der Waals surface area contributed by atoms with Crippen LogP contribution < -0.4 is 5.32 Å². The van der Waals surface area contributed by atoms with E-state index in [4.69, 9.17) is 4.52 Å². The molecule has 1 aromatic heterocycles. The monoisotopic (exact) mass is 314 g/mol. The molecule has 1 amide bonds. The van der Waals surface area contributed by atoms with Crippen molar-refractivity contribution < 1.29 is 27.6 Å². The largest absolute Gasteiger partial charge is 0.386 e. The zero-order chi connectivity index (χ0) is 16.1. The van der Waals surface area contributed by atoms with Gasteiger partial charge in [-0.1, -0.05) is 29.4 Å². The summed E-state index contributed by atoms with van der Waals surface area (Å²) in [5, 5.41) is 15.3. The second-order valence-corrected chi connectivity index (χ2v) is 4.51. The molecule has 1 aromatic carbocycles. The van der Waals surface area contributed by atoms with Crippen LogP contribution in [0.3, 0.4) is 0 Å². The molecule has 22 heavy (non-hydrogen) atoms. The lowest BCUT2D eigenvalue weighted by Crippen LogP contribution is -2.43. The molecule has 0 spiro atoms. The van der Waals surface area contributed by atoms with E-state index >= 15 is 0 Å². The van der Waals surface area contributed by atoms with Crippen LogP contribution in [0.1, 0.15) is 11.7 Å². The van der Waals surface area contributed by atoms with Gasteiger partial charge in [-0.15, -0.1) is 0 Å². The topological polar surface area (TPSA) is 75.4 Å². The van der Waals surface area contributed by atoms with E-state index in [-0.39, 0.29) is 5.56 Å². The standard InChI is InChI=1S/C14H13F3N2O3/c15-7-10(19-14(21)13(16)17)12(20)9-3-1-8(2-4-9)11-5-6-18-22-11/h1-6,10,12-13,20H,7H2,(H,19,21). The van der Waals surface area contributed by atoms with Crippen LogP contribution in [-0.2, 0) is 4.79 Å². The number of aliphatic hydroxyl groups excluding tert-OH is 1. The van der Waals surface area contributed by atoms with Crippen molar-refractivity contribution in [3.8, 4) is 11.3 Å². The van der Waals surface area contributed by atoms with E-state index in [0.29, 0.717) is 11.3 Å². The second kappa shape index (κ2) is 7.08. The Kier molecular flexibility index (Phi) is 5.16. The summed E-state index contributed by atoms with van der Waals surface area (Å²) >= 11 is 0. The molecule has 0 fully saturated rings. The van der Waals surface area contributed by atoms with Crippen LogP contribution in [0.15, 0.2) is 41.1 Å². The zero-order valence-electron chi connectivity index (χ0n) is 11.2. The van der Waals surface area contributed by atoms with E-state index < -0.39 is 31.2 Å². The van der Waals surface area contributed by atoms with Crippen molar-refractivity contribution in [1.82, 2.24) is 10.5 Å². The number of carbonyl (C=O) groups is 1. The molecule has 1 heterocycles. The highest BCUT2D eigenvalue weighted by atomic mass is 19.3. The Morgan fingerprint density at radius 2 is 1.95 bits per heavy atom. The predicted octanol–water partition coefficient (Wildman–Crippen LogP) is 2.09. The smallest absolute Gasteiger partial charge is 0.315 e. The fourth-order valence-electron chi connectivity index (χ4n) is 1.89. The summed E-state index contributed by atoms with van der Waals surface area (Å²) in [7, 11) is 0. The number of nitrogens with zero attached hydrogens (tertiary/aromatic N) is 1. The number of rotatable bonds is 6. The Balaban J connectivity index is 2.10. The van der Waals surface area contributed by atoms with E-state index in [9.17, 15) is 23.1 Å². The first-order chi connectivity index (χ1) is 10.5. The summed E-state index contributed by atoms with van der Waals surface area (Å²) < 4.78 is 42.2. The third-order valence-corrected chi connectivity index (χ3v) is 3.05. The molecule has 2 N–H and O–H groups in total. The van der Waals surface area contributed by atoms with Gasteiger partial charge in [0.15, 0.2) is 5.76 Å². The lowest BCUT2D eigenvalue weighted by molar-refractivity contribution is -0.133. The maximum absolute atomic E-state index is 12.9. The van der Waals surface area contributed by atoms with Crippen molar-refractivity contribution in [3.63, 3.8) is 0 Å². The maximum Gasteiger partial charge on any atom is 0.315 e. The van der Waals surface area contributed by atoms with Crippen LogP contribution >= 0.6 is 0 Å². The molecule has 118 valence electrons. The number of aliphatic hydroxyl groups is 1. The Bertz CT molecular complexity index is 602. The minimum Gasteiger partial charge on any atom is -0.386 e. The summed E-state index contributed by atoms with van der Waals surface area (Å²) in [5.74, 6) is -1.12. The summed E-state index contributed by atoms with van der Waals surface area (Å²) in [6, 6.07) is 6.36. The highest BCUT2D eigenvalue weighted by Gasteiger charge is 2.26. The fourth-order valence-corrected chi connectivity index (χ4v) is 1.89.